The molecule has 0 saturated heterocycles. The number of hydrazine groups is 1. The molecule has 0 radical (unpaired) electrons. The molecule has 0 heterocycles. The van der Waals surface area contributed by atoms with Gasteiger partial charge >= 0.3 is 12.2 Å². The number of carbonyl (C=O) groups is 2. The molecule has 156 valence electrons. The van der Waals surface area contributed by atoms with Crippen molar-refractivity contribution >= 4 is 46.2 Å². The lowest BCUT2D eigenvalue weighted by Crippen LogP contribution is -2.53. The van der Waals surface area contributed by atoms with Gasteiger partial charge in [-0.25, -0.2) is 9.59 Å². The Balaban J connectivity index is 2.60. The molecule has 2 amide bonds. The zero-order valence-electron chi connectivity index (χ0n) is 17.6. The number of halogens is 1. The standard InChI is InChI=1S/C22H27IN2O4/c1-21(2,3)28-19(26)24(17-10-8-7-9-11-17)25(20(27)29-22(4,5)6)18-14-12-16(23)13-15-18/h7-15H,1-6H3. The fraction of sp³-hybridized carbons (Fsp3) is 0.364. The van der Waals surface area contributed by atoms with Crippen molar-refractivity contribution in [3.05, 3.63) is 58.2 Å². The number of benzene rings is 2. The van der Waals surface area contributed by atoms with Crippen LogP contribution in [0.25, 0.3) is 0 Å². The lowest BCUT2D eigenvalue weighted by molar-refractivity contribution is 0.0479. The number of anilines is 2. The number of carbonyl (C=O) groups excluding carboxylic acids is 2. The van der Waals surface area contributed by atoms with E-state index in [0.717, 1.165) is 3.57 Å². The highest BCUT2D eigenvalue weighted by molar-refractivity contribution is 14.1. The molecule has 0 unspecified atom stereocenters. The maximum Gasteiger partial charge on any atom is 0.434 e. The van der Waals surface area contributed by atoms with Crippen molar-refractivity contribution in [3.63, 3.8) is 0 Å². The lowest BCUT2D eigenvalue weighted by atomic mass is 10.2. The maximum atomic E-state index is 13.2. The Kier molecular flexibility index (Phi) is 7.15. The minimum Gasteiger partial charge on any atom is -0.442 e. The summed E-state index contributed by atoms with van der Waals surface area (Å²) in [6.45, 7) is 10.6. The van der Waals surface area contributed by atoms with Crippen LogP contribution in [0, 0.1) is 3.57 Å². The normalized spacial score (nSPS) is 11.6. The van der Waals surface area contributed by atoms with Crippen LogP contribution in [0.2, 0.25) is 0 Å². The average Bonchev–Trinajstić information content (AvgIpc) is 2.58. The number of rotatable bonds is 2. The summed E-state index contributed by atoms with van der Waals surface area (Å²) in [6.07, 6.45) is -1.37. The molecule has 0 aromatic heterocycles. The number of amides is 2. The molecule has 0 spiro atoms. The Bertz CT molecular complexity index is 840. The highest BCUT2D eigenvalue weighted by Crippen LogP contribution is 2.28. The zero-order chi connectivity index (χ0) is 21.8. The Morgan fingerprint density at radius 3 is 1.45 bits per heavy atom. The van der Waals surface area contributed by atoms with Crippen molar-refractivity contribution in [3.8, 4) is 0 Å². The highest BCUT2D eigenvalue weighted by Gasteiger charge is 2.35. The van der Waals surface area contributed by atoms with Gasteiger partial charge in [0.05, 0.1) is 11.4 Å². The summed E-state index contributed by atoms with van der Waals surface area (Å²) in [5, 5.41) is 2.40. The third-order valence-corrected chi connectivity index (χ3v) is 4.12. The van der Waals surface area contributed by atoms with Crippen LogP contribution >= 0.6 is 22.6 Å². The van der Waals surface area contributed by atoms with Crippen LogP contribution in [0.1, 0.15) is 41.5 Å². The van der Waals surface area contributed by atoms with Crippen molar-refractivity contribution in [1.29, 1.82) is 0 Å². The molecule has 6 nitrogen and oxygen atoms in total. The second kappa shape index (κ2) is 9.02. The van der Waals surface area contributed by atoms with Gasteiger partial charge in [-0.15, -0.1) is 0 Å². The molecular formula is C22H27IN2O4. The minimum atomic E-state index is -0.741. The molecule has 0 aliphatic rings. The maximum absolute atomic E-state index is 13.2. The number of para-hydroxylation sites is 1. The Morgan fingerprint density at radius 1 is 0.690 bits per heavy atom. The number of ether oxygens (including phenoxy) is 2. The summed E-state index contributed by atoms with van der Waals surface area (Å²) in [6, 6.07) is 16.1. The Hall–Kier alpha value is -2.29. The molecule has 0 atom stereocenters. The fourth-order valence-electron chi connectivity index (χ4n) is 2.37. The highest BCUT2D eigenvalue weighted by atomic mass is 127. The average molecular weight is 510 g/mol. The first kappa shape index (κ1) is 23.0. The molecule has 2 rings (SSSR count). The summed E-state index contributed by atoms with van der Waals surface area (Å²) in [7, 11) is 0. The molecule has 2 aromatic rings. The molecule has 0 bridgehead atoms. The summed E-state index contributed by atoms with van der Waals surface area (Å²) in [4.78, 5) is 26.3. The predicted molar refractivity (Wildman–Crippen MR) is 123 cm³/mol. The summed E-state index contributed by atoms with van der Waals surface area (Å²) >= 11 is 2.18. The molecule has 0 aliphatic heterocycles. The van der Waals surface area contributed by atoms with E-state index in [1.807, 2.05) is 18.2 Å². The van der Waals surface area contributed by atoms with E-state index in [0.29, 0.717) is 11.4 Å². The minimum absolute atomic E-state index is 0.478. The van der Waals surface area contributed by atoms with Gasteiger partial charge in [-0.1, -0.05) is 18.2 Å². The van der Waals surface area contributed by atoms with E-state index in [2.05, 4.69) is 22.6 Å². The van der Waals surface area contributed by atoms with Crippen LogP contribution in [0.15, 0.2) is 54.6 Å². The lowest BCUT2D eigenvalue weighted by Gasteiger charge is -2.36. The van der Waals surface area contributed by atoms with E-state index in [9.17, 15) is 9.59 Å². The SMILES string of the molecule is CC(C)(C)OC(=O)N(c1ccccc1)N(C(=O)OC(C)(C)C)c1ccc(I)cc1. The van der Waals surface area contributed by atoms with Gasteiger partial charge in [-0.05, 0) is 101 Å². The zero-order valence-corrected chi connectivity index (χ0v) is 19.8. The molecule has 0 aliphatic carbocycles. The van der Waals surface area contributed by atoms with Gasteiger partial charge < -0.3 is 9.47 Å². The predicted octanol–water partition coefficient (Wildman–Crippen LogP) is 6.39. The van der Waals surface area contributed by atoms with E-state index < -0.39 is 23.4 Å². The van der Waals surface area contributed by atoms with Gasteiger partial charge in [0.2, 0.25) is 0 Å². The van der Waals surface area contributed by atoms with Gasteiger partial charge in [0.1, 0.15) is 11.2 Å². The molecule has 0 N–H and O–H groups in total. The third-order valence-electron chi connectivity index (χ3n) is 3.40. The van der Waals surface area contributed by atoms with Gasteiger partial charge in [-0.3, -0.25) is 0 Å². The Morgan fingerprint density at radius 2 is 1.07 bits per heavy atom. The van der Waals surface area contributed by atoms with E-state index in [1.165, 1.54) is 10.0 Å². The molecule has 0 saturated carbocycles. The second-order valence-corrected chi connectivity index (χ2v) is 9.64. The smallest absolute Gasteiger partial charge is 0.434 e. The monoisotopic (exact) mass is 510 g/mol. The van der Waals surface area contributed by atoms with E-state index in [4.69, 9.17) is 9.47 Å². The van der Waals surface area contributed by atoms with Crippen molar-refractivity contribution < 1.29 is 19.1 Å². The van der Waals surface area contributed by atoms with Gasteiger partial charge in [0.15, 0.2) is 0 Å². The molecule has 2 aromatic carbocycles. The Labute approximate surface area is 185 Å². The summed E-state index contributed by atoms with van der Waals surface area (Å²) in [5.74, 6) is 0. The van der Waals surface area contributed by atoms with Crippen LogP contribution in [0.3, 0.4) is 0 Å². The van der Waals surface area contributed by atoms with Crippen LogP contribution in [0.5, 0.6) is 0 Å². The van der Waals surface area contributed by atoms with Crippen molar-refractivity contribution in [2.24, 2.45) is 0 Å². The van der Waals surface area contributed by atoms with E-state index in [1.54, 1.807) is 77.9 Å². The van der Waals surface area contributed by atoms with Gasteiger partial charge in [0, 0.05) is 3.57 Å². The van der Waals surface area contributed by atoms with Crippen LogP contribution < -0.4 is 10.0 Å². The second-order valence-electron chi connectivity index (χ2n) is 8.40. The van der Waals surface area contributed by atoms with E-state index >= 15 is 0 Å². The molecule has 0 fully saturated rings. The van der Waals surface area contributed by atoms with Crippen molar-refractivity contribution in [2.45, 2.75) is 52.7 Å². The van der Waals surface area contributed by atoms with Crippen LogP contribution in [0.4, 0.5) is 21.0 Å². The quantitative estimate of drug-likeness (QED) is 0.347. The first-order valence-electron chi connectivity index (χ1n) is 9.24. The first-order chi connectivity index (χ1) is 13.4. The third kappa shape index (κ3) is 6.92. The van der Waals surface area contributed by atoms with Crippen molar-refractivity contribution in [2.75, 3.05) is 10.0 Å². The molecule has 29 heavy (non-hydrogen) atoms. The summed E-state index contributed by atoms with van der Waals surface area (Å²) < 4.78 is 12.2. The van der Waals surface area contributed by atoms with Crippen LogP contribution in [-0.4, -0.2) is 23.4 Å². The molecular weight excluding hydrogens is 483 g/mol. The van der Waals surface area contributed by atoms with Gasteiger partial charge in [-0.2, -0.15) is 10.0 Å². The summed E-state index contributed by atoms with van der Waals surface area (Å²) in [5.41, 5.74) is -0.523. The van der Waals surface area contributed by atoms with Crippen LogP contribution in [-0.2, 0) is 9.47 Å². The number of hydrogen-bond donors (Lipinski definition) is 0. The number of hydrogen-bond acceptors (Lipinski definition) is 4. The van der Waals surface area contributed by atoms with E-state index in [-0.39, 0.29) is 0 Å². The fourth-order valence-corrected chi connectivity index (χ4v) is 2.73. The largest absolute Gasteiger partial charge is 0.442 e. The topological polar surface area (TPSA) is 59.1 Å². The first-order valence-corrected chi connectivity index (χ1v) is 10.3. The van der Waals surface area contributed by atoms with Crippen molar-refractivity contribution in [1.82, 2.24) is 0 Å². The number of nitrogens with zero attached hydrogens (tertiary/aromatic N) is 2. The molecule has 7 heteroatoms. The van der Waals surface area contributed by atoms with Gasteiger partial charge in [0.25, 0.3) is 0 Å².